The number of hydrogen-bond acceptors (Lipinski definition) is 5. The van der Waals surface area contributed by atoms with Gasteiger partial charge in [0.2, 0.25) is 0 Å². The molecule has 0 aromatic carbocycles. The third kappa shape index (κ3) is 8.58. The lowest BCUT2D eigenvalue weighted by molar-refractivity contribution is -0.133. The summed E-state index contributed by atoms with van der Waals surface area (Å²) in [6.07, 6.45) is 0.689. The molecule has 0 bridgehead atoms. The first-order valence-corrected chi connectivity index (χ1v) is 10.8. The highest BCUT2D eigenvalue weighted by Gasteiger charge is 2.36. The van der Waals surface area contributed by atoms with E-state index in [1.54, 1.807) is 25.7 Å². The van der Waals surface area contributed by atoms with Crippen LogP contribution in [0.25, 0.3) is 0 Å². The lowest BCUT2D eigenvalue weighted by atomic mass is 10.0. The van der Waals surface area contributed by atoms with Crippen LogP contribution >= 0.6 is 11.8 Å². The molecule has 2 N–H and O–H groups in total. The summed E-state index contributed by atoms with van der Waals surface area (Å²) in [6.45, 7) is 10.2. The molecule has 1 aliphatic rings. The Balaban J connectivity index is 3.03. The Morgan fingerprint density at radius 3 is 2.39 bits per heavy atom. The van der Waals surface area contributed by atoms with E-state index in [2.05, 4.69) is 0 Å². The van der Waals surface area contributed by atoms with Gasteiger partial charge in [-0.2, -0.15) is 0 Å². The molecule has 1 rings (SSSR count). The van der Waals surface area contributed by atoms with Crippen LogP contribution in [0.3, 0.4) is 0 Å². The minimum Gasteiger partial charge on any atom is -0.481 e. The van der Waals surface area contributed by atoms with Gasteiger partial charge in [-0.05, 0) is 46.0 Å². The molecular weight excluding hydrogens is 384 g/mol. The summed E-state index contributed by atoms with van der Waals surface area (Å²) < 4.78 is 5.59. The van der Waals surface area contributed by atoms with Gasteiger partial charge >= 0.3 is 18.2 Å². The number of thioether (sulfide) groups is 1. The SMILES string of the molecule is CC(C)C[C@H](CSCC(=O)O)N(C[C@@H]1CCCN1C(=O)O)C(=O)OC(C)(C)C. The zero-order valence-corrected chi connectivity index (χ0v) is 18.3. The standard InChI is InChI=1S/C19H34N2O6S/c1-13(2)9-15(11-28-12-16(22)23)21(18(26)27-19(3,4)5)10-14-7-6-8-20(14)17(24)25/h13-15H,6-12H2,1-5H3,(H,22,23)(H,24,25)/t14-,15+/m0/s1. The maximum absolute atomic E-state index is 13.0. The first-order valence-electron chi connectivity index (χ1n) is 9.69. The van der Waals surface area contributed by atoms with Gasteiger partial charge in [0.15, 0.2) is 0 Å². The zero-order chi connectivity index (χ0) is 21.5. The van der Waals surface area contributed by atoms with Crippen LogP contribution in [0.1, 0.15) is 53.9 Å². The Morgan fingerprint density at radius 2 is 1.89 bits per heavy atom. The monoisotopic (exact) mass is 418 g/mol. The summed E-state index contributed by atoms with van der Waals surface area (Å²) in [5, 5.41) is 18.4. The van der Waals surface area contributed by atoms with Crippen LogP contribution in [0, 0.1) is 5.92 Å². The predicted octanol–water partition coefficient (Wildman–Crippen LogP) is 3.60. The van der Waals surface area contributed by atoms with E-state index in [1.807, 2.05) is 13.8 Å². The number of carbonyl (C=O) groups excluding carboxylic acids is 1. The Kier molecular flexibility index (Phi) is 9.39. The molecule has 2 atom stereocenters. The van der Waals surface area contributed by atoms with Gasteiger partial charge in [-0.3, -0.25) is 4.79 Å². The minimum atomic E-state index is -0.979. The normalized spacial score (nSPS) is 18.2. The van der Waals surface area contributed by atoms with Crippen LogP contribution in [-0.4, -0.2) is 80.4 Å². The molecule has 1 saturated heterocycles. The summed E-state index contributed by atoms with van der Waals surface area (Å²) in [5.41, 5.74) is -0.673. The molecule has 0 unspecified atom stereocenters. The second-order valence-corrected chi connectivity index (χ2v) is 9.63. The van der Waals surface area contributed by atoms with E-state index in [0.29, 0.717) is 31.1 Å². The number of carboxylic acids is 1. The maximum atomic E-state index is 13.0. The number of hydrogen-bond donors (Lipinski definition) is 2. The van der Waals surface area contributed by atoms with E-state index >= 15 is 0 Å². The lowest BCUT2D eigenvalue weighted by Crippen LogP contribution is -2.51. The van der Waals surface area contributed by atoms with Crippen LogP contribution in [0.4, 0.5) is 9.59 Å². The molecular formula is C19H34N2O6S. The molecule has 1 aliphatic heterocycles. The molecule has 28 heavy (non-hydrogen) atoms. The van der Waals surface area contributed by atoms with Crippen LogP contribution < -0.4 is 0 Å². The maximum Gasteiger partial charge on any atom is 0.410 e. The van der Waals surface area contributed by atoms with Crippen molar-refractivity contribution < 1.29 is 29.3 Å². The lowest BCUT2D eigenvalue weighted by Gasteiger charge is -2.37. The number of nitrogens with zero attached hydrogens (tertiary/aromatic N) is 2. The highest BCUT2D eigenvalue weighted by atomic mass is 32.2. The van der Waals surface area contributed by atoms with Gasteiger partial charge in [0.1, 0.15) is 5.60 Å². The highest BCUT2D eigenvalue weighted by Crippen LogP contribution is 2.24. The van der Waals surface area contributed by atoms with E-state index in [4.69, 9.17) is 9.84 Å². The third-order valence-electron chi connectivity index (χ3n) is 4.38. The average Bonchev–Trinajstić information content (AvgIpc) is 2.97. The molecule has 0 spiro atoms. The van der Waals surface area contributed by atoms with E-state index in [9.17, 15) is 19.5 Å². The number of amides is 2. The van der Waals surface area contributed by atoms with Gasteiger partial charge in [0, 0.05) is 24.9 Å². The average molecular weight is 419 g/mol. The minimum absolute atomic E-state index is 0.0402. The van der Waals surface area contributed by atoms with E-state index in [1.165, 1.54) is 16.7 Å². The van der Waals surface area contributed by atoms with Crippen LogP contribution in [0.5, 0.6) is 0 Å². The van der Waals surface area contributed by atoms with E-state index < -0.39 is 23.8 Å². The molecule has 0 radical (unpaired) electrons. The number of ether oxygens (including phenoxy) is 1. The molecule has 0 aromatic heterocycles. The first kappa shape index (κ1) is 24.4. The predicted molar refractivity (Wildman–Crippen MR) is 109 cm³/mol. The van der Waals surface area contributed by atoms with Crippen molar-refractivity contribution >= 4 is 29.9 Å². The summed E-state index contributed by atoms with van der Waals surface area (Å²) >= 11 is 1.26. The second-order valence-electron chi connectivity index (χ2n) is 8.60. The second kappa shape index (κ2) is 10.8. The first-order chi connectivity index (χ1) is 12.9. The van der Waals surface area contributed by atoms with Gasteiger partial charge in [-0.15, -0.1) is 11.8 Å². The van der Waals surface area contributed by atoms with E-state index in [0.717, 1.165) is 6.42 Å². The fraction of sp³-hybridized carbons (Fsp3) is 0.842. The topological polar surface area (TPSA) is 107 Å². The third-order valence-corrected chi connectivity index (χ3v) is 5.45. The number of carbonyl (C=O) groups is 3. The van der Waals surface area contributed by atoms with Crippen molar-refractivity contribution in [2.75, 3.05) is 24.6 Å². The van der Waals surface area contributed by atoms with Crippen molar-refractivity contribution in [1.82, 2.24) is 9.80 Å². The molecule has 0 aromatic rings. The Morgan fingerprint density at radius 1 is 1.25 bits per heavy atom. The van der Waals surface area contributed by atoms with Crippen LogP contribution in [0.2, 0.25) is 0 Å². The molecule has 8 nitrogen and oxygen atoms in total. The molecule has 0 aliphatic carbocycles. The number of aliphatic carboxylic acids is 1. The van der Waals surface area contributed by atoms with Crippen molar-refractivity contribution in [2.24, 2.45) is 5.92 Å². The molecule has 1 fully saturated rings. The quantitative estimate of drug-likeness (QED) is 0.589. The Hall–Kier alpha value is -1.64. The van der Waals surface area contributed by atoms with Crippen LogP contribution in [0.15, 0.2) is 0 Å². The zero-order valence-electron chi connectivity index (χ0n) is 17.5. The largest absolute Gasteiger partial charge is 0.481 e. The Labute approximate surface area is 171 Å². The summed E-state index contributed by atoms with van der Waals surface area (Å²) in [7, 11) is 0. The van der Waals surface area contributed by atoms with Crippen molar-refractivity contribution in [3.05, 3.63) is 0 Å². The summed E-state index contributed by atoms with van der Waals surface area (Å²) in [6, 6.07) is -0.500. The molecule has 2 amide bonds. The smallest absolute Gasteiger partial charge is 0.410 e. The van der Waals surface area contributed by atoms with Crippen molar-refractivity contribution in [3.8, 4) is 0 Å². The van der Waals surface area contributed by atoms with Gasteiger partial charge < -0.3 is 24.7 Å². The van der Waals surface area contributed by atoms with Crippen molar-refractivity contribution in [3.63, 3.8) is 0 Å². The number of rotatable bonds is 9. The van der Waals surface area contributed by atoms with Crippen molar-refractivity contribution in [2.45, 2.75) is 71.6 Å². The fourth-order valence-electron chi connectivity index (χ4n) is 3.31. The summed E-state index contributed by atoms with van der Waals surface area (Å²) in [4.78, 5) is 38.4. The molecule has 0 saturated carbocycles. The van der Waals surface area contributed by atoms with Gasteiger partial charge in [0.05, 0.1) is 11.8 Å². The molecule has 162 valence electrons. The number of likely N-dealkylation sites (tertiary alicyclic amines) is 1. The summed E-state index contributed by atoms with van der Waals surface area (Å²) in [5.74, 6) is -0.185. The Bertz CT molecular complexity index is 549. The molecule has 9 heteroatoms. The highest BCUT2D eigenvalue weighted by molar-refractivity contribution is 7.99. The number of carboxylic acid groups (broad SMARTS) is 2. The molecule has 1 heterocycles. The fourth-order valence-corrected chi connectivity index (χ4v) is 4.19. The van der Waals surface area contributed by atoms with Gasteiger partial charge in [0.25, 0.3) is 0 Å². The van der Waals surface area contributed by atoms with Gasteiger partial charge in [-0.1, -0.05) is 13.8 Å². The van der Waals surface area contributed by atoms with Gasteiger partial charge in [-0.25, -0.2) is 9.59 Å². The van der Waals surface area contributed by atoms with Crippen molar-refractivity contribution in [1.29, 1.82) is 0 Å². The van der Waals surface area contributed by atoms with E-state index in [-0.39, 0.29) is 24.4 Å². The van der Waals surface area contributed by atoms with Crippen LogP contribution in [-0.2, 0) is 9.53 Å².